The first kappa shape index (κ1) is 20.0. The van der Waals surface area contributed by atoms with Crippen LogP contribution in [0.5, 0.6) is 0 Å². The summed E-state index contributed by atoms with van der Waals surface area (Å²) >= 11 is 0. The molecule has 2 fully saturated rings. The minimum Gasteiger partial charge on any atom is -0.355 e. The third-order valence-electron chi connectivity index (χ3n) is 4.35. The van der Waals surface area contributed by atoms with Gasteiger partial charge in [-0.2, -0.15) is 0 Å². The summed E-state index contributed by atoms with van der Waals surface area (Å²) in [5.41, 5.74) is 0. The maximum absolute atomic E-state index is 11.9. The highest BCUT2D eigenvalue weighted by Crippen LogP contribution is 2.18. The third kappa shape index (κ3) is 5.76. The van der Waals surface area contributed by atoms with Crippen LogP contribution in [0, 0.1) is 5.92 Å². The minimum atomic E-state index is 0. The molecule has 0 bridgehead atoms. The van der Waals surface area contributed by atoms with E-state index in [1.807, 2.05) is 0 Å². The predicted molar refractivity (Wildman–Crippen MR) is 88.0 cm³/mol. The number of hydrogen-bond acceptors (Lipinski definition) is 3. The van der Waals surface area contributed by atoms with E-state index in [9.17, 15) is 4.79 Å². The van der Waals surface area contributed by atoms with Gasteiger partial charge in [0.2, 0.25) is 5.91 Å². The molecule has 2 saturated heterocycles. The first-order chi connectivity index (χ1) is 8.81. The van der Waals surface area contributed by atoms with Crippen molar-refractivity contribution in [2.24, 2.45) is 5.92 Å². The molecule has 0 aromatic carbocycles. The number of carbonyl (C=O) groups excluding carboxylic acids is 1. The topological polar surface area (TPSA) is 44.4 Å². The van der Waals surface area contributed by atoms with Gasteiger partial charge in [0.15, 0.2) is 0 Å². The van der Waals surface area contributed by atoms with E-state index < -0.39 is 0 Å². The summed E-state index contributed by atoms with van der Waals surface area (Å²) in [5, 5.41) is 6.33. The largest absolute Gasteiger partial charge is 0.355 e. The highest BCUT2D eigenvalue weighted by atomic mass is 35.5. The van der Waals surface area contributed by atoms with Crippen molar-refractivity contribution in [1.29, 1.82) is 0 Å². The van der Waals surface area contributed by atoms with Crippen LogP contribution in [0.4, 0.5) is 0 Å². The normalized spacial score (nSPS) is 26.4. The Balaban J connectivity index is 0.00000180. The molecule has 6 heteroatoms. The number of likely N-dealkylation sites (tertiary alicyclic amines) is 1. The first-order valence-electron chi connectivity index (χ1n) is 7.53. The highest BCUT2D eigenvalue weighted by Gasteiger charge is 2.23. The fourth-order valence-electron chi connectivity index (χ4n) is 3.16. The maximum atomic E-state index is 11.9. The van der Waals surface area contributed by atoms with Gasteiger partial charge >= 0.3 is 0 Å². The van der Waals surface area contributed by atoms with Crippen LogP contribution in [-0.2, 0) is 4.79 Å². The molecule has 0 spiro atoms. The molecule has 2 unspecified atom stereocenters. The van der Waals surface area contributed by atoms with Gasteiger partial charge in [-0.25, -0.2) is 0 Å². The van der Waals surface area contributed by atoms with Gasteiger partial charge in [0.25, 0.3) is 0 Å². The molecule has 0 aromatic heterocycles. The van der Waals surface area contributed by atoms with E-state index in [4.69, 9.17) is 0 Å². The molecule has 2 aliphatic rings. The lowest BCUT2D eigenvalue weighted by Gasteiger charge is -2.35. The Morgan fingerprint density at radius 3 is 2.75 bits per heavy atom. The lowest BCUT2D eigenvalue weighted by molar-refractivity contribution is -0.124. The summed E-state index contributed by atoms with van der Waals surface area (Å²) in [4.78, 5) is 14.4. The molecule has 2 heterocycles. The van der Waals surface area contributed by atoms with E-state index >= 15 is 0 Å². The van der Waals surface area contributed by atoms with Gasteiger partial charge in [-0.15, -0.1) is 24.8 Å². The Labute approximate surface area is 135 Å². The Hall–Kier alpha value is -0.0300. The molecule has 0 radical (unpaired) electrons. The van der Waals surface area contributed by atoms with Crippen molar-refractivity contribution in [3.63, 3.8) is 0 Å². The van der Waals surface area contributed by atoms with Crippen LogP contribution in [0.3, 0.4) is 0 Å². The van der Waals surface area contributed by atoms with Gasteiger partial charge in [0.05, 0.1) is 5.92 Å². The second kappa shape index (κ2) is 10.7. The zero-order valence-electron chi connectivity index (χ0n) is 12.4. The second-order valence-electron chi connectivity index (χ2n) is 5.57. The fourth-order valence-corrected chi connectivity index (χ4v) is 3.16. The van der Waals surface area contributed by atoms with Crippen LogP contribution < -0.4 is 10.6 Å². The van der Waals surface area contributed by atoms with Crippen LogP contribution in [0.15, 0.2) is 0 Å². The molecule has 0 aliphatic carbocycles. The average molecular weight is 326 g/mol. The van der Waals surface area contributed by atoms with Gasteiger partial charge in [-0.1, -0.05) is 13.3 Å². The molecule has 0 saturated carbocycles. The molecule has 2 atom stereocenters. The number of nitrogens with zero attached hydrogens (tertiary/aromatic N) is 1. The standard InChI is InChI=1S/C14H27N3O.2ClH/c1-2-13-5-3-4-9-17(13)10-8-16-14(18)12-6-7-15-11-12;;/h12-13,15H,2-11H2,1H3,(H,16,18);2*1H. The molecule has 1 amide bonds. The summed E-state index contributed by atoms with van der Waals surface area (Å²) in [6.45, 7) is 7.15. The molecule has 20 heavy (non-hydrogen) atoms. The summed E-state index contributed by atoms with van der Waals surface area (Å²) in [7, 11) is 0. The zero-order chi connectivity index (χ0) is 12.8. The number of rotatable bonds is 5. The van der Waals surface area contributed by atoms with Crippen LogP contribution in [-0.4, -0.2) is 49.6 Å². The number of carbonyl (C=O) groups is 1. The SMILES string of the molecule is CCC1CCCCN1CCNC(=O)C1CCNC1.Cl.Cl. The van der Waals surface area contributed by atoms with Crippen molar-refractivity contribution < 1.29 is 4.79 Å². The number of piperidine rings is 1. The van der Waals surface area contributed by atoms with E-state index in [1.165, 1.54) is 32.2 Å². The summed E-state index contributed by atoms with van der Waals surface area (Å²) < 4.78 is 0. The van der Waals surface area contributed by atoms with E-state index in [-0.39, 0.29) is 36.6 Å². The average Bonchev–Trinajstić information content (AvgIpc) is 2.93. The molecular weight excluding hydrogens is 297 g/mol. The van der Waals surface area contributed by atoms with Gasteiger partial charge < -0.3 is 10.6 Å². The van der Waals surface area contributed by atoms with Crippen molar-refractivity contribution in [2.75, 3.05) is 32.7 Å². The molecule has 2 N–H and O–H groups in total. The highest BCUT2D eigenvalue weighted by molar-refractivity contribution is 5.85. The third-order valence-corrected chi connectivity index (χ3v) is 4.35. The van der Waals surface area contributed by atoms with Crippen molar-refractivity contribution in [2.45, 2.75) is 45.1 Å². The Kier molecular flexibility index (Phi) is 10.6. The van der Waals surface area contributed by atoms with Crippen molar-refractivity contribution in [1.82, 2.24) is 15.5 Å². The molecular formula is C14H29Cl2N3O. The maximum Gasteiger partial charge on any atom is 0.224 e. The lowest BCUT2D eigenvalue weighted by atomic mass is 10.0. The molecule has 2 aliphatic heterocycles. The van der Waals surface area contributed by atoms with Gasteiger partial charge in [-0.3, -0.25) is 9.69 Å². The van der Waals surface area contributed by atoms with E-state index in [1.54, 1.807) is 0 Å². The molecule has 4 nitrogen and oxygen atoms in total. The van der Waals surface area contributed by atoms with Crippen LogP contribution >= 0.6 is 24.8 Å². The number of hydrogen-bond donors (Lipinski definition) is 2. The van der Waals surface area contributed by atoms with Crippen molar-refractivity contribution >= 4 is 30.7 Å². The van der Waals surface area contributed by atoms with Crippen molar-refractivity contribution in [3.8, 4) is 0 Å². The number of halogens is 2. The zero-order valence-corrected chi connectivity index (χ0v) is 14.0. The summed E-state index contributed by atoms with van der Waals surface area (Å²) in [5.74, 6) is 0.443. The quantitative estimate of drug-likeness (QED) is 0.810. The summed E-state index contributed by atoms with van der Waals surface area (Å²) in [6.07, 6.45) is 6.25. The van der Waals surface area contributed by atoms with Gasteiger partial charge in [0, 0.05) is 25.7 Å². The lowest BCUT2D eigenvalue weighted by Crippen LogP contribution is -2.44. The monoisotopic (exact) mass is 325 g/mol. The van der Waals surface area contributed by atoms with Crippen molar-refractivity contribution in [3.05, 3.63) is 0 Å². The molecule has 0 aromatic rings. The summed E-state index contributed by atoms with van der Waals surface area (Å²) in [6, 6.07) is 0.740. The predicted octanol–water partition coefficient (Wildman–Crippen LogP) is 1.82. The van der Waals surface area contributed by atoms with Crippen LogP contribution in [0.25, 0.3) is 0 Å². The number of amides is 1. The Bertz CT molecular complexity index is 273. The van der Waals surface area contributed by atoms with Crippen LogP contribution in [0.2, 0.25) is 0 Å². The van der Waals surface area contributed by atoms with E-state index in [0.29, 0.717) is 0 Å². The molecule has 2 rings (SSSR count). The first-order valence-corrected chi connectivity index (χ1v) is 7.53. The van der Waals surface area contributed by atoms with Gasteiger partial charge in [-0.05, 0) is 38.8 Å². The van der Waals surface area contributed by atoms with E-state index in [2.05, 4.69) is 22.5 Å². The smallest absolute Gasteiger partial charge is 0.224 e. The minimum absolute atomic E-state index is 0. The fraction of sp³-hybridized carbons (Fsp3) is 0.929. The van der Waals surface area contributed by atoms with Crippen LogP contribution in [0.1, 0.15) is 39.0 Å². The Morgan fingerprint density at radius 1 is 1.30 bits per heavy atom. The Morgan fingerprint density at radius 2 is 2.10 bits per heavy atom. The van der Waals surface area contributed by atoms with E-state index in [0.717, 1.165) is 38.6 Å². The molecule has 120 valence electrons. The number of nitrogens with one attached hydrogen (secondary N) is 2. The van der Waals surface area contributed by atoms with Gasteiger partial charge in [0.1, 0.15) is 0 Å². The second-order valence-corrected chi connectivity index (χ2v) is 5.57.